The Morgan fingerprint density at radius 2 is 2.14 bits per heavy atom. The van der Waals surface area contributed by atoms with E-state index < -0.39 is 0 Å². The van der Waals surface area contributed by atoms with Crippen molar-refractivity contribution in [1.29, 1.82) is 0 Å². The number of hydrogen-bond acceptors (Lipinski definition) is 5. The van der Waals surface area contributed by atoms with Crippen LogP contribution in [0.2, 0.25) is 0 Å². The molecular weight excluding hydrogens is 270 g/mol. The first kappa shape index (κ1) is 16.7. The number of carbonyl (C=O) groups excluding carboxylic acids is 1. The van der Waals surface area contributed by atoms with E-state index in [0.29, 0.717) is 19.1 Å². The van der Waals surface area contributed by atoms with Crippen LogP contribution in [0.15, 0.2) is 0 Å². The van der Waals surface area contributed by atoms with Gasteiger partial charge >= 0.3 is 5.97 Å². The molecule has 0 aromatic rings. The van der Waals surface area contributed by atoms with Gasteiger partial charge in [0.05, 0.1) is 18.6 Å². The van der Waals surface area contributed by atoms with Crippen molar-refractivity contribution < 1.29 is 19.0 Å². The molecule has 0 aromatic heterocycles. The Morgan fingerprint density at radius 3 is 2.86 bits per heavy atom. The van der Waals surface area contributed by atoms with E-state index >= 15 is 0 Å². The Hall–Kier alpha value is -0.650. The first-order valence-corrected chi connectivity index (χ1v) is 8.16. The molecule has 2 fully saturated rings. The Bertz CT molecular complexity index is 334. The summed E-state index contributed by atoms with van der Waals surface area (Å²) in [5.74, 6) is 0.550. The van der Waals surface area contributed by atoms with Gasteiger partial charge in [-0.1, -0.05) is 13.8 Å². The minimum Gasteiger partial charge on any atom is -0.463 e. The smallest absolute Gasteiger partial charge is 0.309 e. The molecule has 21 heavy (non-hydrogen) atoms. The fourth-order valence-electron chi connectivity index (χ4n) is 3.07. The predicted octanol–water partition coefficient (Wildman–Crippen LogP) is 1.70. The summed E-state index contributed by atoms with van der Waals surface area (Å²) in [5, 5.41) is 0. The average Bonchev–Trinajstić information content (AvgIpc) is 2.44. The standard InChI is InChI=1S/C16H29NO4/c1-12(2)9-17-5-7-20-15(10-17)11-21-16(18)14-4-6-19-13(3)8-14/h12-15H,4-11H2,1-3H3/t13-,14-,15+/m1/s1. The molecule has 0 aliphatic carbocycles. The van der Waals surface area contributed by atoms with E-state index in [2.05, 4.69) is 18.7 Å². The summed E-state index contributed by atoms with van der Waals surface area (Å²) >= 11 is 0. The van der Waals surface area contributed by atoms with Crippen molar-refractivity contribution in [3.8, 4) is 0 Å². The van der Waals surface area contributed by atoms with Crippen LogP contribution >= 0.6 is 0 Å². The minimum absolute atomic E-state index is 0.0101. The third-order valence-electron chi connectivity index (χ3n) is 4.08. The van der Waals surface area contributed by atoms with Crippen molar-refractivity contribution >= 4 is 5.97 Å². The number of rotatable bonds is 5. The van der Waals surface area contributed by atoms with E-state index in [1.165, 1.54) is 0 Å². The summed E-state index contributed by atoms with van der Waals surface area (Å²) < 4.78 is 16.6. The van der Waals surface area contributed by atoms with E-state index in [1.807, 2.05) is 6.92 Å². The maximum Gasteiger partial charge on any atom is 0.309 e. The Balaban J connectivity index is 1.70. The highest BCUT2D eigenvalue weighted by molar-refractivity contribution is 5.72. The summed E-state index contributed by atoms with van der Waals surface area (Å²) in [6.45, 7) is 11.1. The third kappa shape index (κ3) is 5.57. The Labute approximate surface area is 127 Å². The zero-order valence-corrected chi connectivity index (χ0v) is 13.5. The normalized spacial score (nSPS) is 31.3. The van der Waals surface area contributed by atoms with Crippen molar-refractivity contribution in [2.45, 2.75) is 45.8 Å². The number of nitrogens with zero attached hydrogens (tertiary/aromatic N) is 1. The van der Waals surface area contributed by atoms with Crippen LogP contribution < -0.4 is 0 Å². The van der Waals surface area contributed by atoms with Gasteiger partial charge in [0.25, 0.3) is 0 Å². The molecule has 122 valence electrons. The average molecular weight is 299 g/mol. The fourth-order valence-corrected chi connectivity index (χ4v) is 3.07. The van der Waals surface area contributed by atoms with Gasteiger partial charge in [0, 0.05) is 26.2 Å². The van der Waals surface area contributed by atoms with Gasteiger partial charge in [0.1, 0.15) is 12.7 Å². The molecule has 2 saturated heterocycles. The highest BCUT2D eigenvalue weighted by Crippen LogP contribution is 2.21. The molecule has 0 N–H and O–H groups in total. The molecule has 5 heteroatoms. The first-order valence-electron chi connectivity index (χ1n) is 8.16. The Kier molecular flexibility index (Phi) is 6.45. The number of morpholine rings is 1. The van der Waals surface area contributed by atoms with Gasteiger partial charge in [-0.15, -0.1) is 0 Å². The van der Waals surface area contributed by atoms with Gasteiger partial charge < -0.3 is 14.2 Å². The van der Waals surface area contributed by atoms with Crippen LogP contribution in [-0.4, -0.2) is 62.5 Å². The van der Waals surface area contributed by atoms with Gasteiger partial charge in [0.15, 0.2) is 0 Å². The third-order valence-corrected chi connectivity index (χ3v) is 4.08. The lowest BCUT2D eigenvalue weighted by atomic mass is 9.96. The van der Waals surface area contributed by atoms with Gasteiger partial charge in [-0.05, 0) is 25.7 Å². The SMILES string of the molecule is CC(C)CN1CCO[C@H](COC(=O)[C@@H]2CCO[C@H](C)C2)C1. The van der Waals surface area contributed by atoms with E-state index in [9.17, 15) is 4.79 Å². The molecule has 2 rings (SSSR count). The van der Waals surface area contributed by atoms with Crippen LogP contribution in [0.25, 0.3) is 0 Å². The molecule has 0 aromatic carbocycles. The summed E-state index contributed by atoms with van der Waals surface area (Å²) in [6.07, 6.45) is 1.71. The predicted molar refractivity (Wildman–Crippen MR) is 80.1 cm³/mol. The van der Waals surface area contributed by atoms with Crippen molar-refractivity contribution in [2.24, 2.45) is 11.8 Å². The highest BCUT2D eigenvalue weighted by Gasteiger charge is 2.28. The molecule has 0 unspecified atom stereocenters. The van der Waals surface area contributed by atoms with Gasteiger partial charge in [0.2, 0.25) is 0 Å². The van der Waals surface area contributed by atoms with E-state index in [4.69, 9.17) is 14.2 Å². The largest absolute Gasteiger partial charge is 0.463 e. The van der Waals surface area contributed by atoms with Crippen LogP contribution in [0.3, 0.4) is 0 Å². The van der Waals surface area contributed by atoms with Crippen LogP contribution in [0, 0.1) is 11.8 Å². The maximum absolute atomic E-state index is 12.1. The zero-order chi connectivity index (χ0) is 15.2. The molecule has 3 atom stereocenters. The summed E-state index contributed by atoms with van der Waals surface area (Å²) in [7, 11) is 0. The van der Waals surface area contributed by atoms with Gasteiger partial charge in [-0.3, -0.25) is 9.69 Å². The number of ether oxygens (including phenoxy) is 3. The van der Waals surface area contributed by atoms with Crippen molar-refractivity contribution in [2.75, 3.05) is 39.5 Å². The number of esters is 1. The van der Waals surface area contributed by atoms with E-state index in [1.54, 1.807) is 0 Å². The highest BCUT2D eigenvalue weighted by atomic mass is 16.6. The number of carbonyl (C=O) groups is 1. The summed E-state index contributed by atoms with van der Waals surface area (Å²) in [4.78, 5) is 14.5. The first-order chi connectivity index (χ1) is 10.0. The van der Waals surface area contributed by atoms with Crippen LogP contribution in [0.4, 0.5) is 0 Å². The molecule has 0 bridgehead atoms. The molecule has 0 saturated carbocycles. The molecule has 0 radical (unpaired) electrons. The molecular formula is C16H29NO4. The fraction of sp³-hybridized carbons (Fsp3) is 0.938. The Morgan fingerprint density at radius 1 is 1.33 bits per heavy atom. The molecule has 2 aliphatic heterocycles. The van der Waals surface area contributed by atoms with Crippen LogP contribution in [0.1, 0.15) is 33.6 Å². The lowest BCUT2D eigenvalue weighted by Gasteiger charge is -2.34. The molecule has 2 heterocycles. The molecule has 0 spiro atoms. The van der Waals surface area contributed by atoms with Crippen LogP contribution in [-0.2, 0) is 19.0 Å². The lowest BCUT2D eigenvalue weighted by Crippen LogP contribution is -2.46. The second-order valence-corrected chi connectivity index (χ2v) is 6.68. The van der Waals surface area contributed by atoms with Crippen LogP contribution in [0.5, 0.6) is 0 Å². The summed E-state index contributed by atoms with van der Waals surface area (Å²) in [5.41, 5.74) is 0. The maximum atomic E-state index is 12.1. The summed E-state index contributed by atoms with van der Waals surface area (Å²) in [6, 6.07) is 0. The van der Waals surface area contributed by atoms with E-state index in [0.717, 1.165) is 39.1 Å². The molecule has 5 nitrogen and oxygen atoms in total. The van der Waals surface area contributed by atoms with Crippen molar-refractivity contribution in [1.82, 2.24) is 4.90 Å². The van der Waals surface area contributed by atoms with Gasteiger partial charge in [-0.25, -0.2) is 0 Å². The van der Waals surface area contributed by atoms with E-state index in [-0.39, 0.29) is 24.1 Å². The zero-order valence-electron chi connectivity index (χ0n) is 13.5. The minimum atomic E-state index is -0.0882. The van der Waals surface area contributed by atoms with Gasteiger partial charge in [-0.2, -0.15) is 0 Å². The number of hydrogen-bond donors (Lipinski definition) is 0. The topological polar surface area (TPSA) is 48.0 Å². The molecule has 2 aliphatic rings. The van der Waals surface area contributed by atoms with Crippen molar-refractivity contribution in [3.05, 3.63) is 0 Å². The van der Waals surface area contributed by atoms with Crippen molar-refractivity contribution in [3.63, 3.8) is 0 Å². The molecule has 0 amide bonds. The second-order valence-electron chi connectivity index (χ2n) is 6.68. The quantitative estimate of drug-likeness (QED) is 0.723. The second kappa shape index (κ2) is 8.11. The monoisotopic (exact) mass is 299 g/mol. The lowest BCUT2D eigenvalue weighted by molar-refractivity contribution is -0.160.